The van der Waals surface area contributed by atoms with Gasteiger partial charge in [-0.25, -0.2) is 0 Å². The van der Waals surface area contributed by atoms with Crippen molar-refractivity contribution in [3.63, 3.8) is 0 Å². The first-order valence-corrected chi connectivity index (χ1v) is 9.49. The Balaban J connectivity index is 1.44. The molecule has 1 aromatic carbocycles. The molecule has 1 atom stereocenters. The summed E-state index contributed by atoms with van der Waals surface area (Å²) in [5, 5.41) is 10.4. The van der Waals surface area contributed by atoms with Gasteiger partial charge >= 0.3 is 0 Å². The number of nitrogens with zero attached hydrogens (tertiary/aromatic N) is 3. The van der Waals surface area contributed by atoms with Crippen molar-refractivity contribution >= 4 is 34.7 Å². The van der Waals surface area contributed by atoms with Crippen molar-refractivity contribution in [2.75, 3.05) is 10.7 Å². The van der Waals surface area contributed by atoms with E-state index < -0.39 is 0 Å². The lowest BCUT2D eigenvalue weighted by Gasteiger charge is -2.22. The average Bonchev–Trinajstić information content (AvgIpc) is 3.31. The van der Waals surface area contributed by atoms with Gasteiger partial charge in [-0.1, -0.05) is 36.0 Å². The number of hydrogen-bond donors (Lipinski definition) is 0. The molecule has 1 aliphatic heterocycles. The predicted octanol–water partition coefficient (Wildman–Crippen LogP) is 3.87. The highest BCUT2D eigenvalue weighted by atomic mass is 32.2. The summed E-state index contributed by atoms with van der Waals surface area (Å²) in [5.74, 6) is 0.846. The minimum absolute atomic E-state index is 0.0633. The third-order valence-corrected chi connectivity index (χ3v) is 5.59. The lowest BCUT2D eigenvalue weighted by Crippen LogP contribution is -2.36. The van der Waals surface area contributed by atoms with E-state index in [-0.39, 0.29) is 17.7 Å². The van der Waals surface area contributed by atoms with Gasteiger partial charge in [0, 0.05) is 11.7 Å². The molecule has 24 heavy (non-hydrogen) atoms. The number of carbonyl (C=O) groups excluding carboxylic acids is 1. The minimum Gasteiger partial charge on any atom is -0.410 e. The summed E-state index contributed by atoms with van der Waals surface area (Å²) in [6.45, 7) is 2.07. The number of anilines is 1. The van der Waals surface area contributed by atoms with E-state index in [2.05, 4.69) is 23.2 Å². The van der Waals surface area contributed by atoms with Gasteiger partial charge in [-0.15, -0.1) is 21.5 Å². The van der Waals surface area contributed by atoms with Crippen LogP contribution in [0.5, 0.6) is 0 Å². The van der Waals surface area contributed by atoms with Crippen LogP contribution < -0.4 is 4.90 Å². The number of amides is 1. The first-order chi connectivity index (χ1) is 11.7. The molecule has 0 saturated heterocycles. The predicted molar refractivity (Wildman–Crippen MR) is 95.4 cm³/mol. The van der Waals surface area contributed by atoms with Gasteiger partial charge in [-0.05, 0) is 36.4 Å². The second-order valence-corrected chi connectivity index (χ2v) is 7.46. The molecule has 7 heteroatoms. The highest BCUT2D eigenvalue weighted by Gasteiger charge is 2.30. The zero-order chi connectivity index (χ0) is 16.5. The molecule has 0 radical (unpaired) electrons. The number of benzene rings is 1. The Morgan fingerprint density at radius 1 is 1.33 bits per heavy atom. The molecule has 0 fully saturated rings. The molecule has 5 nitrogen and oxygen atoms in total. The van der Waals surface area contributed by atoms with E-state index in [1.54, 1.807) is 11.3 Å². The highest BCUT2D eigenvalue weighted by Crippen LogP contribution is 2.33. The number of rotatable bonds is 4. The number of thioether (sulfide) groups is 1. The van der Waals surface area contributed by atoms with Crippen LogP contribution >= 0.6 is 23.1 Å². The molecule has 0 spiro atoms. The molecule has 0 unspecified atom stereocenters. The Morgan fingerprint density at radius 2 is 2.21 bits per heavy atom. The zero-order valence-electron chi connectivity index (χ0n) is 13.0. The lowest BCUT2D eigenvalue weighted by molar-refractivity contribution is -0.116. The molecule has 2 aromatic heterocycles. The van der Waals surface area contributed by atoms with Crippen molar-refractivity contribution in [2.45, 2.75) is 24.6 Å². The third-order valence-electron chi connectivity index (χ3n) is 3.93. The Hall–Kier alpha value is -2.12. The van der Waals surface area contributed by atoms with E-state index >= 15 is 0 Å². The van der Waals surface area contributed by atoms with E-state index in [0.29, 0.717) is 11.1 Å². The molecule has 0 N–H and O–H groups in total. The van der Waals surface area contributed by atoms with E-state index in [4.69, 9.17) is 4.42 Å². The normalized spacial score (nSPS) is 16.4. The third kappa shape index (κ3) is 2.85. The van der Waals surface area contributed by atoms with Crippen molar-refractivity contribution < 1.29 is 9.21 Å². The van der Waals surface area contributed by atoms with Crippen LogP contribution in [0.2, 0.25) is 0 Å². The van der Waals surface area contributed by atoms with Crippen molar-refractivity contribution in [1.29, 1.82) is 0 Å². The van der Waals surface area contributed by atoms with Crippen molar-refractivity contribution in [1.82, 2.24) is 10.2 Å². The van der Waals surface area contributed by atoms with E-state index in [1.807, 2.05) is 40.6 Å². The van der Waals surface area contributed by atoms with Crippen molar-refractivity contribution in [2.24, 2.45) is 0 Å². The summed E-state index contributed by atoms with van der Waals surface area (Å²) in [6, 6.07) is 12.1. The molecule has 1 aliphatic rings. The summed E-state index contributed by atoms with van der Waals surface area (Å²) in [5.41, 5.74) is 2.24. The Labute approximate surface area is 147 Å². The lowest BCUT2D eigenvalue weighted by atomic mass is 10.1. The topological polar surface area (TPSA) is 59.2 Å². The summed E-state index contributed by atoms with van der Waals surface area (Å²) in [4.78, 5) is 15.5. The monoisotopic (exact) mass is 357 g/mol. The second kappa shape index (κ2) is 6.41. The molecular formula is C17H15N3O2S2. The molecule has 3 heterocycles. The fourth-order valence-corrected chi connectivity index (χ4v) is 4.17. The quantitative estimate of drug-likeness (QED) is 0.664. The summed E-state index contributed by atoms with van der Waals surface area (Å²) < 4.78 is 5.62. The molecule has 1 amide bonds. The van der Waals surface area contributed by atoms with Crippen LogP contribution in [0.25, 0.3) is 10.8 Å². The van der Waals surface area contributed by atoms with Crippen LogP contribution in [0, 0.1) is 0 Å². The number of hydrogen-bond acceptors (Lipinski definition) is 6. The first kappa shape index (κ1) is 15.4. The fraction of sp³-hybridized carbons (Fsp3) is 0.235. The summed E-state index contributed by atoms with van der Waals surface area (Å²) in [6.07, 6.45) is 0.898. The maximum atomic E-state index is 12.6. The van der Waals surface area contributed by atoms with Gasteiger partial charge in [0.1, 0.15) is 0 Å². The first-order valence-electron chi connectivity index (χ1n) is 7.62. The van der Waals surface area contributed by atoms with Gasteiger partial charge in [0.2, 0.25) is 5.91 Å². The molecule has 0 saturated carbocycles. The van der Waals surface area contributed by atoms with Crippen LogP contribution in [0.4, 0.5) is 5.69 Å². The molecule has 0 bridgehead atoms. The number of thiophene rings is 1. The zero-order valence-corrected chi connectivity index (χ0v) is 14.6. The van der Waals surface area contributed by atoms with Crippen LogP contribution in [-0.4, -0.2) is 27.9 Å². The van der Waals surface area contributed by atoms with Crippen molar-refractivity contribution in [3.8, 4) is 10.8 Å². The minimum atomic E-state index is 0.0633. The highest BCUT2D eigenvalue weighted by molar-refractivity contribution is 7.99. The van der Waals surface area contributed by atoms with E-state index in [0.717, 1.165) is 17.0 Å². The van der Waals surface area contributed by atoms with Crippen LogP contribution in [0.3, 0.4) is 0 Å². The maximum absolute atomic E-state index is 12.6. The number of fused-ring (bicyclic) bond motifs is 1. The largest absolute Gasteiger partial charge is 0.410 e. The van der Waals surface area contributed by atoms with Crippen LogP contribution in [-0.2, 0) is 11.2 Å². The average molecular weight is 357 g/mol. The number of carbonyl (C=O) groups is 1. The van der Waals surface area contributed by atoms with Gasteiger partial charge < -0.3 is 9.32 Å². The van der Waals surface area contributed by atoms with E-state index in [9.17, 15) is 4.79 Å². The van der Waals surface area contributed by atoms with Gasteiger partial charge in [0.25, 0.3) is 11.1 Å². The molecule has 122 valence electrons. The van der Waals surface area contributed by atoms with Crippen LogP contribution in [0.15, 0.2) is 51.4 Å². The maximum Gasteiger partial charge on any atom is 0.277 e. The van der Waals surface area contributed by atoms with Gasteiger partial charge in [0.15, 0.2) is 0 Å². The van der Waals surface area contributed by atoms with Gasteiger partial charge in [0.05, 0.1) is 10.6 Å². The van der Waals surface area contributed by atoms with Crippen molar-refractivity contribution in [3.05, 3.63) is 47.3 Å². The Kier molecular flexibility index (Phi) is 4.12. The molecule has 3 aromatic rings. The summed E-state index contributed by atoms with van der Waals surface area (Å²) >= 11 is 2.83. The summed E-state index contributed by atoms with van der Waals surface area (Å²) in [7, 11) is 0. The molecule has 4 rings (SSSR count). The molecule has 0 aliphatic carbocycles. The second-order valence-electron chi connectivity index (χ2n) is 5.58. The smallest absolute Gasteiger partial charge is 0.277 e. The Morgan fingerprint density at radius 3 is 3.04 bits per heavy atom. The Bertz CT molecular complexity index is 860. The van der Waals surface area contributed by atoms with Crippen LogP contribution in [0.1, 0.15) is 12.5 Å². The fourth-order valence-electron chi connectivity index (χ4n) is 2.91. The molecular weight excluding hydrogens is 342 g/mol. The van der Waals surface area contributed by atoms with E-state index in [1.165, 1.54) is 17.3 Å². The van der Waals surface area contributed by atoms with Gasteiger partial charge in [-0.3, -0.25) is 4.79 Å². The standard InChI is InChI=1S/C17H15N3O2S2/c1-11-9-12-5-2-3-6-13(12)20(11)15(21)10-24-17-19-18-16(22-17)14-7-4-8-23-14/h2-8,11H,9-10H2,1H3/t11-/m0/s1. The number of para-hydroxylation sites is 1. The number of aromatic nitrogens is 2. The van der Waals surface area contributed by atoms with Gasteiger partial charge in [-0.2, -0.15) is 0 Å². The SMILES string of the molecule is C[C@H]1Cc2ccccc2N1C(=O)CSc1nnc(-c2cccs2)o1.